The Morgan fingerprint density at radius 1 is 1.13 bits per heavy atom. The molecular formula is C10H10ClN3O. The molecule has 5 heteroatoms. The highest BCUT2D eigenvalue weighted by Crippen LogP contribution is 2.12. The Morgan fingerprint density at radius 2 is 1.87 bits per heavy atom. The molecule has 0 aliphatic rings. The lowest BCUT2D eigenvalue weighted by molar-refractivity contribution is 0.509. The van der Waals surface area contributed by atoms with Gasteiger partial charge in [0, 0.05) is 11.4 Å². The van der Waals surface area contributed by atoms with E-state index in [1.807, 2.05) is 24.3 Å². The van der Waals surface area contributed by atoms with Crippen LogP contribution in [0.2, 0.25) is 5.02 Å². The van der Waals surface area contributed by atoms with Crippen molar-refractivity contribution in [3.63, 3.8) is 0 Å². The lowest BCUT2D eigenvalue weighted by Crippen LogP contribution is -1.91. The van der Waals surface area contributed by atoms with Crippen LogP contribution in [0.5, 0.6) is 0 Å². The van der Waals surface area contributed by atoms with Gasteiger partial charge in [0.1, 0.15) is 0 Å². The SMILES string of the molecule is Nc1nnc(CCc2ccc(Cl)cc2)o1. The highest BCUT2D eigenvalue weighted by Gasteiger charge is 2.02. The lowest BCUT2D eigenvalue weighted by Gasteiger charge is -1.97. The van der Waals surface area contributed by atoms with Crippen molar-refractivity contribution in [2.75, 3.05) is 5.73 Å². The van der Waals surface area contributed by atoms with Crippen LogP contribution in [0.25, 0.3) is 0 Å². The van der Waals surface area contributed by atoms with E-state index in [0.29, 0.717) is 12.3 Å². The molecular weight excluding hydrogens is 214 g/mol. The molecule has 1 aromatic heterocycles. The Hall–Kier alpha value is -1.55. The average molecular weight is 224 g/mol. The molecule has 1 aromatic carbocycles. The highest BCUT2D eigenvalue weighted by atomic mass is 35.5. The van der Waals surface area contributed by atoms with E-state index in [2.05, 4.69) is 10.2 Å². The fourth-order valence-corrected chi connectivity index (χ4v) is 1.40. The zero-order valence-corrected chi connectivity index (χ0v) is 8.74. The van der Waals surface area contributed by atoms with E-state index < -0.39 is 0 Å². The number of aryl methyl sites for hydroxylation is 2. The van der Waals surface area contributed by atoms with Gasteiger partial charge in [0.05, 0.1) is 0 Å². The highest BCUT2D eigenvalue weighted by molar-refractivity contribution is 6.30. The number of aromatic nitrogens is 2. The molecule has 0 unspecified atom stereocenters. The molecule has 0 saturated carbocycles. The monoisotopic (exact) mass is 223 g/mol. The number of hydrogen-bond acceptors (Lipinski definition) is 4. The lowest BCUT2D eigenvalue weighted by atomic mass is 10.1. The van der Waals surface area contributed by atoms with Crippen molar-refractivity contribution in [2.45, 2.75) is 12.8 Å². The van der Waals surface area contributed by atoms with Crippen molar-refractivity contribution in [3.8, 4) is 0 Å². The van der Waals surface area contributed by atoms with Crippen molar-refractivity contribution in [3.05, 3.63) is 40.7 Å². The maximum Gasteiger partial charge on any atom is 0.312 e. The van der Waals surface area contributed by atoms with Gasteiger partial charge in [-0.2, -0.15) is 0 Å². The summed E-state index contributed by atoms with van der Waals surface area (Å²) in [6, 6.07) is 7.78. The van der Waals surface area contributed by atoms with Crippen LogP contribution in [0.4, 0.5) is 6.01 Å². The Kier molecular flexibility index (Phi) is 2.87. The van der Waals surface area contributed by atoms with Gasteiger partial charge in [0.2, 0.25) is 5.89 Å². The molecule has 4 nitrogen and oxygen atoms in total. The molecule has 0 saturated heterocycles. The van der Waals surface area contributed by atoms with E-state index in [9.17, 15) is 0 Å². The van der Waals surface area contributed by atoms with Crippen LogP contribution < -0.4 is 5.73 Å². The van der Waals surface area contributed by atoms with Crippen LogP contribution in [-0.2, 0) is 12.8 Å². The third-order valence-electron chi connectivity index (χ3n) is 2.02. The standard InChI is InChI=1S/C10H10ClN3O/c11-8-4-1-7(2-5-8)3-6-9-13-14-10(12)15-9/h1-2,4-5H,3,6H2,(H2,12,14). The summed E-state index contributed by atoms with van der Waals surface area (Å²) >= 11 is 5.77. The number of anilines is 1. The third kappa shape index (κ3) is 2.70. The largest absolute Gasteiger partial charge is 0.408 e. The van der Waals surface area contributed by atoms with Crippen molar-refractivity contribution < 1.29 is 4.42 Å². The number of nitrogen functional groups attached to an aromatic ring is 1. The second-order valence-electron chi connectivity index (χ2n) is 3.16. The zero-order valence-electron chi connectivity index (χ0n) is 7.98. The quantitative estimate of drug-likeness (QED) is 0.866. The second kappa shape index (κ2) is 4.31. The molecule has 2 rings (SSSR count). The molecule has 0 bridgehead atoms. The van der Waals surface area contributed by atoms with E-state index in [1.54, 1.807) is 0 Å². The zero-order chi connectivity index (χ0) is 10.7. The molecule has 0 aliphatic carbocycles. The predicted octanol–water partition coefficient (Wildman–Crippen LogP) is 2.09. The first-order chi connectivity index (χ1) is 7.24. The first-order valence-corrected chi connectivity index (χ1v) is 4.94. The number of nitrogens with two attached hydrogens (primary N) is 1. The normalized spacial score (nSPS) is 10.5. The number of halogens is 1. The molecule has 78 valence electrons. The number of nitrogens with zero attached hydrogens (tertiary/aromatic N) is 2. The summed E-state index contributed by atoms with van der Waals surface area (Å²) < 4.78 is 5.06. The minimum Gasteiger partial charge on any atom is -0.408 e. The molecule has 0 atom stereocenters. The summed E-state index contributed by atoms with van der Waals surface area (Å²) in [5.74, 6) is 0.558. The minimum atomic E-state index is 0.112. The van der Waals surface area contributed by atoms with Crippen LogP contribution in [0.15, 0.2) is 28.7 Å². The summed E-state index contributed by atoms with van der Waals surface area (Å²) in [5, 5.41) is 8.10. The first kappa shape index (κ1) is 9.98. The molecule has 0 fully saturated rings. The summed E-state index contributed by atoms with van der Waals surface area (Å²) in [6.45, 7) is 0. The Labute approximate surface area is 92.1 Å². The second-order valence-corrected chi connectivity index (χ2v) is 3.60. The van der Waals surface area contributed by atoms with Gasteiger partial charge in [0.15, 0.2) is 0 Å². The van der Waals surface area contributed by atoms with Crippen LogP contribution in [-0.4, -0.2) is 10.2 Å². The van der Waals surface area contributed by atoms with Crippen molar-refractivity contribution in [1.82, 2.24) is 10.2 Å². The maximum atomic E-state index is 5.77. The summed E-state index contributed by atoms with van der Waals surface area (Å²) in [6.07, 6.45) is 1.52. The van der Waals surface area contributed by atoms with Crippen molar-refractivity contribution in [1.29, 1.82) is 0 Å². The van der Waals surface area contributed by atoms with E-state index in [1.165, 1.54) is 5.56 Å². The van der Waals surface area contributed by atoms with Gasteiger partial charge in [-0.3, -0.25) is 0 Å². The van der Waals surface area contributed by atoms with Crippen LogP contribution in [0.1, 0.15) is 11.5 Å². The molecule has 0 amide bonds. The molecule has 15 heavy (non-hydrogen) atoms. The first-order valence-electron chi connectivity index (χ1n) is 4.56. The number of rotatable bonds is 3. The predicted molar refractivity (Wildman–Crippen MR) is 57.6 cm³/mol. The van der Waals surface area contributed by atoms with Gasteiger partial charge in [0.25, 0.3) is 0 Å². The van der Waals surface area contributed by atoms with Crippen LogP contribution in [0, 0.1) is 0 Å². The third-order valence-corrected chi connectivity index (χ3v) is 2.28. The molecule has 1 heterocycles. The molecule has 0 radical (unpaired) electrons. The van der Waals surface area contributed by atoms with Gasteiger partial charge in [-0.25, -0.2) is 0 Å². The topological polar surface area (TPSA) is 64.9 Å². The fourth-order valence-electron chi connectivity index (χ4n) is 1.27. The molecule has 0 spiro atoms. The van der Waals surface area contributed by atoms with Gasteiger partial charge in [-0.05, 0) is 24.1 Å². The minimum absolute atomic E-state index is 0.112. The summed E-state index contributed by atoms with van der Waals surface area (Å²) in [5.41, 5.74) is 6.49. The van der Waals surface area contributed by atoms with Crippen molar-refractivity contribution in [2.24, 2.45) is 0 Å². The van der Waals surface area contributed by atoms with Crippen LogP contribution >= 0.6 is 11.6 Å². The molecule has 2 N–H and O–H groups in total. The van der Waals surface area contributed by atoms with E-state index in [-0.39, 0.29) is 6.01 Å². The molecule has 2 aromatic rings. The Morgan fingerprint density at radius 3 is 2.47 bits per heavy atom. The summed E-state index contributed by atoms with van der Waals surface area (Å²) in [7, 11) is 0. The summed E-state index contributed by atoms with van der Waals surface area (Å²) in [4.78, 5) is 0. The maximum absolute atomic E-state index is 5.77. The van der Waals surface area contributed by atoms with Crippen molar-refractivity contribution >= 4 is 17.6 Å². The van der Waals surface area contributed by atoms with Gasteiger partial charge < -0.3 is 10.2 Å². The van der Waals surface area contributed by atoms with E-state index in [4.69, 9.17) is 21.8 Å². The van der Waals surface area contributed by atoms with E-state index in [0.717, 1.165) is 11.4 Å². The average Bonchev–Trinajstić information content (AvgIpc) is 2.64. The Bertz CT molecular complexity index is 438. The Balaban J connectivity index is 1.96. The number of benzene rings is 1. The smallest absolute Gasteiger partial charge is 0.312 e. The molecule has 0 aliphatic heterocycles. The van der Waals surface area contributed by atoms with Gasteiger partial charge in [-0.1, -0.05) is 28.8 Å². The van der Waals surface area contributed by atoms with Gasteiger partial charge in [-0.15, -0.1) is 5.10 Å². The van der Waals surface area contributed by atoms with Crippen LogP contribution in [0.3, 0.4) is 0 Å². The van der Waals surface area contributed by atoms with Gasteiger partial charge >= 0.3 is 6.01 Å². The number of hydrogen-bond donors (Lipinski definition) is 1. The van der Waals surface area contributed by atoms with E-state index >= 15 is 0 Å². The fraction of sp³-hybridized carbons (Fsp3) is 0.200.